The fraction of sp³-hybridized carbons (Fsp3) is 0.130. The number of nitrogens with one attached hydrogen (secondary N) is 1. The van der Waals surface area contributed by atoms with Crippen molar-refractivity contribution in [1.82, 2.24) is 5.32 Å². The van der Waals surface area contributed by atoms with E-state index in [2.05, 4.69) is 5.32 Å². The molecule has 1 aliphatic rings. The van der Waals surface area contributed by atoms with Gasteiger partial charge in [0.15, 0.2) is 12.0 Å². The van der Waals surface area contributed by atoms with Gasteiger partial charge >= 0.3 is 5.97 Å². The minimum absolute atomic E-state index is 0.150. The fourth-order valence-corrected chi connectivity index (χ4v) is 3.53. The number of ether oxygens (including phenoxy) is 2. The molecule has 140 valence electrons. The van der Waals surface area contributed by atoms with Crippen LogP contribution >= 0.6 is 0 Å². The Morgan fingerprint density at radius 1 is 1.04 bits per heavy atom. The molecule has 0 bridgehead atoms. The molecule has 5 heteroatoms. The summed E-state index contributed by atoms with van der Waals surface area (Å²) >= 11 is 0. The molecule has 0 radical (unpaired) electrons. The highest BCUT2D eigenvalue weighted by Crippen LogP contribution is 2.39. The summed E-state index contributed by atoms with van der Waals surface area (Å²) in [5, 5.41) is 4.99. The van der Waals surface area contributed by atoms with E-state index in [1.165, 1.54) is 7.11 Å². The minimum Gasteiger partial charge on any atom is -0.465 e. The van der Waals surface area contributed by atoms with E-state index < -0.39 is 12.1 Å². The molecule has 4 rings (SSSR count). The summed E-state index contributed by atoms with van der Waals surface area (Å²) in [6.45, 7) is 0. The SMILES string of the molecule is CNC1=C(c2cccc(C(=O)OC)c2)C(=O)C(c2cccc3ccccc23)O1. The molecule has 28 heavy (non-hydrogen) atoms. The standard InChI is InChI=1S/C23H19NO4/c1-24-22-19(15-9-5-10-16(13-15)23(26)27-2)20(25)21(28-22)18-12-6-8-14-7-3-4-11-17(14)18/h3-13,21,24H,1-2H3. The molecular weight excluding hydrogens is 354 g/mol. The molecule has 0 amide bonds. The quantitative estimate of drug-likeness (QED) is 0.704. The highest BCUT2D eigenvalue weighted by Gasteiger charge is 2.37. The molecule has 5 nitrogen and oxygen atoms in total. The second kappa shape index (κ2) is 7.19. The van der Waals surface area contributed by atoms with E-state index in [-0.39, 0.29) is 5.78 Å². The van der Waals surface area contributed by atoms with Crippen LogP contribution < -0.4 is 5.32 Å². The molecule has 1 unspecified atom stereocenters. The zero-order valence-electron chi connectivity index (χ0n) is 15.6. The molecule has 3 aromatic rings. The monoisotopic (exact) mass is 373 g/mol. The van der Waals surface area contributed by atoms with Gasteiger partial charge in [0.25, 0.3) is 0 Å². The summed E-state index contributed by atoms with van der Waals surface area (Å²) < 4.78 is 10.8. The lowest BCUT2D eigenvalue weighted by molar-refractivity contribution is -0.120. The number of esters is 1. The van der Waals surface area contributed by atoms with Crippen molar-refractivity contribution in [3.63, 3.8) is 0 Å². The van der Waals surface area contributed by atoms with Crippen molar-refractivity contribution in [3.05, 3.63) is 89.3 Å². The van der Waals surface area contributed by atoms with Crippen LogP contribution in [-0.4, -0.2) is 25.9 Å². The van der Waals surface area contributed by atoms with Crippen LogP contribution in [0.2, 0.25) is 0 Å². The molecular formula is C23H19NO4. The first-order chi connectivity index (χ1) is 13.6. The molecule has 1 heterocycles. The fourth-order valence-electron chi connectivity index (χ4n) is 3.53. The summed E-state index contributed by atoms with van der Waals surface area (Å²) in [6, 6.07) is 20.5. The number of Topliss-reactive ketones (excluding diaryl/α,β-unsaturated/α-hetero) is 1. The average molecular weight is 373 g/mol. The Kier molecular flexibility index (Phi) is 4.57. The number of benzene rings is 3. The summed E-state index contributed by atoms with van der Waals surface area (Å²) in [7, 11) is 3.03. The van der Waals surface area contributed by atoms with Gasteiger partial charge in [-0.3, -0.25) is 4.79 Å². The Morgan fingerprint density at radius 2 is 1.79 bits per heavy atom. The zero-order valence-corrected chi connectivity index (χ0v) is 15.6. The predicted octanol–water partition coefficient (Wildman–Crippen LogP) is 3.86. The molecule has 3 aromatic carbocycles. The van der Waals surface area contributed by atoms with Crippen molar-refractivity contribution >= 4 is 28.1 Å². The molecule has 0 fully saturated rings. The molecule has 1 atom stereocenters. The van der Waals surface area contributed by atoms with Crippen LogP contribution in [0.1, 0.15) is 27.6 Å². The predicted molar refractivity (Wildman–Crippen MR) is 107 cm³/mol. The smallest absolute Gasteiger partial charge is 0.337 e. The lowest BCUT2D eigenvalue weighted by Crippen LogP contribution is -2.11. The molecule has 0 aromatic heterocycles. The number of rotatable bonds is 4. The summed E-state index contributed by atoms with van der Waals surface area (Å²) in [5.41, 5.74) is 2.23. The Bertz CT molecular complexity index is 1110. The summed E-state index contributed by atoms with van der Waals surface area (Å²) in [5.74, 6) is -0.210. The Hall–Kier alpha value is -3.60. The molecule has 0 saturated heterocycles. The zero-order chi connectivity index (χ0) is 19.7. The van der Waals surface area contributed by atoms with Crippen LogP contribution in [-0.2, 0) is 14.3 Å². The van der Waals surface area contributed by atoms with E-state index in [9.17, 15) is 9.59 Å². The van der Waals surface area contributed by atoms with Crippen molar-refractivity contribution in [1.29, 1.82) is 0 Å². The molecule has 0 saturated carbocycles. The van der Waals surface area contributed by atoms with Gasteiger partial charge in [0.2, 0.25) is 5.78 Å². The number of fused-ring (bicyclic) bond motifs is 1. The Labute approximate surface area is 162 Å². The van der Waals surface area contributed by atoms with E-state index in [1.54, 1.807) is 31.3 Å². The van der Waals surface area contributed by atoms with Crippen LogP contribution in [0.15, 0.2) is 72.6 Å². The maximum absolute atomic E-state index is 13.3. The van der Waals surface area contributed by atoms with Gasteiger partial charge in [-0.05, 0) is 28.5 Å². The van der Waals surface area contributed by atoms with E-state index in [0.29, 0.717) is 22.6 Å². The van der Waals surface area contributed by atoms with Gasteiger partial charge in [-0.15, -0.1) is 0 Å². The number of hydrogen-bond acceptors (Lipinski definition) is 5. The minimum atomic E-state index is -0.745. The normalized spacial score (nSPS) is 16.2. The van der Waals surface area contributed by atoms with Crippen molar-refractivity contribution in [3.8, 4) is 0 Å². The van der Waals surface area contributed by atoms with Crippen LogP contribution in [0.25, 0.3) is 16.3 Å². The highest BCUT2D eigenvalue weighted by molar-refractivity contribution is 6.25. The molecule has 0 aliphatic carbocycles. The molecule has 0 spiro atoms. The van der Waals surface area contributed by atoms with Gasteiger partial charge in [-0.2, -0.15) is 0 Å². The first-order valence-electron chi connectivity index (χ1n) is 8.93. The van der Waals surface area contributed by atoms with E-state index in [4.69, 9.17) is 9.47 Å². The number of ketones is 1. The summed E-state index contributed by atoms with van der Waals surface area (Å²) in [6.07, 6.45) is -0.745. The largest absolute Gasteiger partial charge is 0.465 e. The molecule has 1 N–H and O–H groups in total. The van der Waals surface area contributed by atoms with Crippen LogP contribution in [0.3, 0.4) is 0 Å². The third kappa shape index (κ3) is 2.91. The van der Waals surface area contributed by atoms with Gasteiger partial charge < -0.3 is 14.8 Å². The third-order valence-corrected chi connectivity index (χ3v) is 4.85. The molecule has 1 aliphatic heterocycles. The van der Waals surface area contributed by atoms with Gasteiger partial charge in [0, 0.05) is 12.6 Å². The first-order valence-corrected chi connectivity index (χ1v) is 8.93. The maximum atomic E-state index is 13.3. The second-order valence-electron chi connectivity index (χ2n) is 6.46. The second-order valence-corrected chi connectivity index (χ2v) is 6.46. The Morgan fingerprint density at radius 3 is 2.57 bits per heavy atom. The van der Waals surface area contributed by atoms with E-state index in [0.717, 1.165) is 16.3 Å². The highest BCUT2D eigenvalue weighted by atomic mass is 16.5. The third-order valence-electron chi connectivity index (χ3n) is 4.85. The van der Waals surface area contributed by atoms with Crippen LogP contribution in [0.4, 0.5) is 0 Å². The average Bonchev–Trinajstić information content (AvgIpc) is 3.09. The number of carbonyl (C=O) groups is 2. The van der Waals surface area contributed by atoms with Gasteiger partial charge in [-0.25, -0.2) is 4.79 Å². The van der Waals surface area contributed by atoms with Crippen molar-refractivity contribution < 1.29 is 19.1 Å². The van der Waals surface area contributed by atoms with E-state index >= 15 is 0 Å². The lowest BCUT2D eigenvalue weighted by atomic mass is 9.93. The number of carbonyl (C=O) groups excluding carboxylic acids is 2. The number of methoxy groups -OCH3 is 1. The Balaban J connectivity index is 1.78. The van der Waals surface area contributed by atoms with Gasteiger partial charge in [-0.1, -0.05) is 54.6 Å². The number of hydrogen-bond donors (Lipinski definition) is 1. The van der Waals surface area contributed by atoms with E-state index in [1.807, 2.05) is 42.5 Å². The first kappa shape index (κ1) is 17.8. The van der Waals surface area contributed by atoms with Crippen molar-refractivity contribution in [2.45, 2.75) is 6.10 Å². The van der Waals surface area contributed by atoms with Gasteiger partial charge in [0.1, 0.15) is 0 Å². The maximum Gasteiger partial charge on any atom is 0.337 e. The summed E-state index contributed by atoms with van der Waals surface area (Å²) in [4.78, 5) is 25.2. The van der Waals surface area contributed by atoms with Crippen LogP contribution in [0, 0.1) is 0 Å². The van der Waals surface area contributed by atoms with Gasteiger partial charge in [0.05, 0.1) is 18.2 Å². The van der Waals surface area contributed by atoms with Crippen LogP contribution in [0.5, 0.6) is 0 Å². The van der Waals surface area contributed by atoms with Crippen molar-refractivity contribution in [2.75, 3.05) is 14.2 Å². The van der Waals surface area contributed by atoms with Crippen molar-refractivity contribution in [2.24, 2.45) is 0 Å². The lowest BCUT2D eigenvalue weighted by Gasteiger charge is -2.14. The topological polar surface area (TPSA) is 64.6 Å².